The number of hydrogen-bond donors (Lipinski definition) is 2. The van der Waals surface area contributed by atoms with Gasteiger partial charge in [-0.2, -0.15) is 0 Å². The Kier molecular flexibility index (Phi) is 8.16. The van der Waals surface area contributed by atoms with Crippen LogP contribution in [-0.2, 0) is 27.7 Å². The lowest BCUT2D eigenvalue weighted by Crippen LogP contribution is -3.06. The van der Waals surface area contributed by atoms with E-state index in [-0.39, 0.29) is 37.3 Å². The zero-order valence-electron chi connectivity index (χ0n) is 23.7. The lowest BCUT2D eigenvalue weighted by Gasteiger charge is -2.36. The monoisotopic (exact) mass is 563 g/mol. The van der Waals surface area contributed by atoms with Crippen molar-refractivity contribution in [3.63, 3.8) is 0 Å². The number of rotatable bonds is 7. The molecule has 2 unspecified atom stereocenters. The average molecular weight is 564 g/mol. The summed E-state index contributed by atoms with van der Waals surface area (Å²) in [6.45, 7) is 8.53. The van der Waals surface area contributed by atoms with Gasteiger partial charge < -0.3 is 36.5 Å². The highest BCUT2D eigenvalue weighted by Gasteiger charge is 2.40. The molecule has 3 aliphatic heterocycles. The van der Waals surface area contributed by atoms with Crippen LogP contribution in [-0.4, -0.2) is 44.9 Å². The van der Waals surface area contributed by atoms with Crippen LogP contribution in [0.3, 0.4) is 0 Å². The van der Waals surface area contributed by atoms with Crippen LogP contribution in [0.25, 0.3) is 5.70 Å². The van der Waals surface area contributed by atoms with Gasteiger partial charge in [-0.25, -0.2) is 0 Å². The number of halogens is 1. The van der Waals surface area contributed by atoms with Gasteiger partial charge in [0.2, 0.25) is 6.79 Å². The van der Waals surface area contributed by atoms with Crippen molar-refractivity contribution in [3.05, 3.63) is 99.5 Å². The molecule has 0 bridgehead atoms. The fourth-order valence-corrected chi connectivity index (χ4v) is 6.01. The SMILES string of the molecule is COC1=CC=C2C(=C[NH+]3CCc4cc5c(cc4C3=C2Cc2ccc(C(C)(C)C)cc2)OCO5)C1OCCCO.[Cl-]. The van der Waals surface area contributed by atoms with Crippen LogP contribution < -0.4 is 26.8 Å². The summed E-state index contributed by atoms with van der Waals surface area (Å²) in [6.07, 6.45) is 8.58. The van der Waals surface area contributed by atoms with E-state index in [2.05, 4.69) is 69.4 Å². The second kappa shape index (κ2) is 11.5. The molecule has 0 saturated carbocycles. The van der Waals surface area contributed by atoms with Crippen molar-refractivity contribution in [2.45, 2.75) is 51.6 Å². The molecule has 3 heterocycles. The first-order valence-corrected chi connectivity index (χ1v) is 13.9. The van der Waals surface area contributed by atoms with Crippen LogP contribution in [0.4, 0.5) is 0 Å². The van der Waals surface area contributed by atoms with Crippen LogP contribution in [0.2, 0.25) is 0 Å². The zero-order chi connectivity index (χ0) is 27.1. The van der Waals surface area contributed by atoms with Gasteiger partial charge in [-0.1, -0.05) is 51.1 Å². The molecule has 7 heteroatoms. The van der Waals surface area contributed by atoms with E-state index in [0.717, 1.165) is 42.2 Å². The van der Waals surface area contributed by atoms with Crippen molar-refractivity contribution >= 4 is 5.70 Å². The molecule has 212 valence electrons. The van der Waals surface area contributed by atoms with Crippen molar-refractivity contribution in [2.75, 3.05) is 33.7 Å². The van der Waals surface area contributed by atoms with Gasteiger partial charge in [-0.15, -0.1) is 0 Å². The van der Waals surface area contributed by atoms with Crippen LogP contribution in [0.1, 0.15) is 49.4 Å². The third-order valence-corrected chi connectivity index (χ3v) is 8.10. The topological polar surface area (TPSA) is 61.6 Å². The highest BCUT2D eigenvalue weighted by molar-refractivity contribution is 5.77. The Labute approximate surface area is 243 Å². The Morgan fingerprint density at radius 2 is 1.80 bits per heavy atom. The Balaban J connectivity index is 0.00000323. The van der Waals surface area contributed by atoms with E-state index in [0.29, 0.717) is 13.0 Å². The van der Waals surface area contributed by atoms with E-state index in [1.54, 1.807) is 7.11 Å². The fraction of sp³-hybridized carbons (Fsp3) is 0.394. The maximum Gasteiger partial charge on any atom is 0.231 e. The van der Waals surface area contributed by atoms with E-state index in [4.69, 9.17) is 18.9 Å². The highest BCUT2D eigenvalue weighted by atomic mass is 35.5. The zero-order valence-corrected chi connectivity index (χ0v) is 24.4. The Bertz CT molecular complexity index is 1400. The summed E-state index contributed by atoms with van der Waals surface area (Å²) < 4.78 is 23.6. The Hall–Kier alpha value is -3.03. The molecular formula is C33H38ClNO5. The maximum absolute atomic E-state index is 9.36. The molecule has 6 nitrogen and oxygen atoms in total. The minimum atomic E-state index is -0.299. The van der Waals surface area contributed by atoms with Crippen LogP contribution >= 0.6 is 0 Å². The van der Waals surface area contributed by atoms with Gasteiger partial charge >= 0.3 is 0 Å². The summed E-state index contributed by atoms with van der Waals surface area (Å²) in [7, 11) is 1.70. The molecule has 40 heavy (non-hydrogen) atoms. The third kappa shape index (κ3) is 5.21. The molecule has 0 amide bonds. The minimum Gasteiger partial charge on any atom is -1.00 e. The van der Waals surface area contributed by atoms with Crippen molar-refractivity contribution in [2.24, 2.45) is 0 Å². The van der Waals surface area contributed by atoms with E-state index in [1.165, 1.54) is 44.0 Å². The average Bonchev–Trinajstić information content (AvgIpc) is 3.39. The van der Waals surface area contributed by atoms with Crippen LogP contribution in [0, 0.1) is 0 Å². The first-order chi connectivity index (χ1) is 18.9. The smallest absolute Gasteiger partial charge is 0.231 e. The van der Waals surface area contributed by atoms with Gasteiger partial charge in [0.25, 0.3) is 0 Å². The van der Waals surface area contributed by atoms with Crippen molar-refractivity contribution in [3.8, 4) is 11.5 Å². The number of methoxy groups -OCH3 is 1. The molecule has 0 spiro atoms. The van der Waals surface area contributed by atoms with Gasteiger partial charge in [0.1, 0.15) is 23.8 Å². The predicted molar refractivity (Wildman–Crippen MR) is 151 cm³/mol. The highest BCUT2D eigenvalue weighted by Crippen LogP contribution is 2.42. The van der Waals surface area contributed by atoms with Crippen LogP contribution in [0.5, 0.6) is 11.5 Å². The summed E-state index contributed by atoms with van der Waals surface area (Å²) in [5.41, 5.74) is 10.2. The second-order valence-electron chi connectivity index (χ2n) is 11.6. The quantitative estimate of drug-likeness (QED) is 0.497. The summed E-state index contributed by atoms with van der Waals surface area (Å²) >= 11 is 0. The first kappa shape index (κ1) is 28.5. The van der Waals surface area contributed by atoms with Crippen molar-refractivity contribution in [1.29, 1.82) is 0 Å². The normalized spacial score (nSPS) is 20.9. The summed E-state index contributed by atoms with van der Waals surface area (Å²) in [4.78, 5) is 1.32. The summed E-state index contributed by atoms with van der Waals surface area (Å²) in [5.74, 6) is 2.45. The van der Waals surface area contributed by atoms with E-state index in [1.807, 2.05) is 6.08 Å². The molecule has 2 aromatic carbocycles. The van der Waals surface area contributed by atoms with E-state index >= 15 is 0 Å². The number of nitrogens with one attached hydrogen (secondary N) is 1. The number of hydrogen-bond acceptors (Lipinski definition) is 5. The Morgan fingerprint density at radius 3 is 2.50 bits per heavy atom. The molecule has 2 N–H and O–H groups in total. The third-order valence-electron chi connectivity index (χ3n) is 8.10. The first-order valence-electron chi connectivity index (χ1n) is 13.9. The van der Waals surface area contributed by atoms with E-state index in [9.17, 15) is 5.11 Å². The van der Waals surface area contributed by atoms with Gasteiger partial charge in [-0.3, -0.25) is 4.90 Å². The van der Waals surface area contributed by atoms with Gasteiger partial charge in [-0.05, 0) is 52.3 Å². The number of allylic oxidation sites excluding steroid dienone is 3. The molecular weight excluding hydrogens is 526 g/mol. The summed E-state index contributed by atoms with van der Waals surface area (Å²) in [6, 6.07) is 13.4. The number of fused-ring (bicyclic) bond motifs is 5. The fourth-order valence-electron chi connectivity index (χ4n) is 6.01. The molecule has 2 aromatic rings. The molecule has 0 saturated heterocycles. The van der Waals surface area contributed by atoms with Gasteiger partial charge in [0.05, 0.1) is 20.3 Å². The maximum atomic E-state index is 9.36. The van der Waals surface area contributed by atoms with Gasteiger partial charge in [0.15, 0.2) is 11.5 Å². The number of ether oxygens (including phenoxy) is 4. The van der Waals surface area contributed by atoms with Crippen LogP contribution in [0.15, 0.2) is 77.2 Å². The number of benzene rings is 2. The largest absolute Gasteiger partial charge is 1.00 e. The lowest BCUT2D eigenvalue weighted by molar-refractivity contribution is -0.771. The predicted octanol–water partition coefficient (Wildman–Crippen LogP) is 1.25. The molecule has 2 atom stereocenters. The standard InChI is InChI=1S/C33H37NO5.ClH/c1-33(2,3)23-8-6-21(7-9-23)16-26-24-10-11-28(36-4)32(37-15-5-14-35)27(24)19-34-13-12-22-17-29-30(39-20-38-29)18-25(22)31(26)34;/h6-11,17-19,32,35H,5,12-16,20H2,1-4H3;1H. The number of quaternary nitrogens is 1. The van der Waals surface area contributed by atoms with Crippen molar-refractivity contribution < 1.29 is 41.4 Å². The number of aliphatic hydroxyl groups is 1. The lowest BCUT2D eigenvalue weighted by atomic mass is 9.79. The second-order valence-corrected chi connectivity index (χ2v) is 11.6. The number of aliphatic hydroxyl groups excluding tert-OH is 1. The molecule has 4 aliphatic rings. The van der Waals surface area contributed by atoms with Crippen molar-refractivity contribution in [1.82, 2.24) is 0 Å². The molecule has 0 aromatic heterocycles. The van der Waals surface area contributed by atoms with E-state index < -0.39 is 0 Å². The molecule has 0 fully saturated rings. The minimum absolute atomic E-state index is 0. The molecule has 1 aliphatic carbocycles. The molecule has 6 rings (SSSR count). The summed E-state index contributed by atoms with van der Waals surface area (Å²) in [5, 5.41) is 9.36. The molecule has 0 radical (unpaired) electrons. The van der Waals surface area contributed by atoms with Gasteiger partial charge in [0, 0.05) is 36.2 Å². The Morgan fingerprint density at radius 1 is 1.05 bits per heavy atom.